The van der Waals surface area contributed by atoms with Crippen molar-refractivity contribution in [2.45, 2.75) is 17.8 Å². The zero-order valence-corrected chi connectivity index (χ0v) is 16.5. The summed E-state index contributed by atoms with van der Waals surface area (Å²) < 4.78 is 32.9. The van der Waals surface area contributed by atoms with Crippen LogP contribution in [0.5, 0.6) is 17.2 Å². The van der Waals surface area contributed by atoms with E-state index in [-0.39, 0.29) is 17.7 Å². The number of rotatable bonds is 8. The number of benzene rings is 2. The van der Waals surface area contributed by atoms with Gasteiger partial charge in [0.05, 0.1) is 6.61 Å². The first-order valence-electron chi connectivity index (χ1n) is 9.19. The zero-order valence-electron chi connectivity index (χ0n) is 15.7. The van der Waals surface area contributed by atoms with Crippen molar-refractivity contribution in [3.05, 3.63) is 72.8 Å². The molecule has 0 amide bonds. The summed E-state index contributed by atoms with van der Waals surface area (Å²) >= 11 is 1.48. The number of halogens is 1. The highest BCUT2D eigenvalue weighted by Gasteiger charge is 2.28. The van der Waals surface area contributed by atoms with Gasteiger partial charge in [0, 0.05) is 12.3 Å². The van der Waals surface area contributed by atoms with Gasteiger partial charge < -0.3 is 14.2 Å². The van der Waals surface area contributed by atoms with E-state index in [1.807, 2.05) is 28.8 Å². The minimum absolute atomic E-state index is 0.243. The van der Waals surface area contributed by atoms with Gasteiger partial charge in [-0.2, -0.15) is 0 Å². The monoisotopic (exact) mass is 413 g/mol. The molecule has 1 unspecified atom stereocenters. The van der Waals surface area contributed by atoms with E-state index in [4.69, 9.17) is 14.2 Å². The lowest BCUT2D eigenvalue weighted by Crippen LogP contribution is -2.25. The maximum Gasteiger partial charge on any atom is 0.192 e. The van der Waals surface area contributed by atoms with Crippen molar-refractivity contribution in [3.63, 3.8) is 0 Å². The smallest absolute Gasteiger partial charge is 0.192 e. The second-order valence-electron chi connectivity index (χ2n) is 6.23. The van der Waals surface area contributed by atoms with Crippen molar-refractivity contribution in [2.75, 3.05) is 19.0 Å². The first-order chi connectivity index (χ1) is 14.3. The number of thioether (sulfide) groups is 1. The third kappa shape index (κ3) is 4.37. The van der Waals surface area contributed by atoms with Gasteiger partial charge >= 0.3 is 0 Å². The minimum atomic E-state index is -0.371. The van der Waals surface area contributed by atoms with Crippen LogP contribution in [0.1, 0.15) is 11.9 Å². The van der Waals surface area contributed by atoms with E-state index in [0.717, 1.165) is 10.9 Å². The molecule has 0 saturated carbocycles. The van der Waals surface area contributed by atoms with Crippen LogP contribution in [0.3, 0.4) is 0 Å². The Kier molecular flexibility index (Phi) is 6.00. The molecule has 0 fully saturated rings. The van der Waals surface area contributed by atoms with Crippen LogP contribution in [0.4, 0.5) is 4.39 Å². The van der Waals surface area contributed by atoms with E-state index >= 15 is 0 Å². The first kappa shape index (κ1) is 19.3. The number of ether oxygens (including phenoxy) is 3. The summed E-state index contributed by atoms with van der Waals surface area (Å²) in [5, 5.41) is 9.33. The molecule has 150 valence electrons. The lowest BCUT2D eigenvalue weighted by Gasteiger charge is -2.26. The van der Waals surface area contributed by atoms with Crippen LogP contribution in [0, 0.1) is 5.82 Å². The Morgan fingerprint density at radius 1 is 1.17 bits per heavy atom. The normalized spacial score (nSPS) is 15.1. The fraction of sp³-hybridized carbons (Fsp3) is 0.238. The molecule has 0 spiro atoms. The molecule has 4 rings (SSSR count). The van der Waals surface area contributed by atoms with Crippen molar-refractivity contribution < 1.29 is 18.6 Å². The summed E-state index contributed by atoms with van der Waals surface area (Å²) in [5.41, 5.74) is 0. The number of hydrogen-bond donors (Lipinski definition) is 0. The molecule has 1 atom stereocenters. The largest absolute Gasteiger partial charge is 0.490 e. The van der Waals surface area contributed by atoms with Gasteiger partial charge in [0.15, 0.2) is 40.2 Å². The summed E-state index contributed by atoms with van der Waals surface area (Å²) in [7, 11) is 0. The van der Waals surface area contributed by atoms with E-state index in [9.17, 15) is 4.39 Å². The second-order valence-corrected chi connectivity index (χ2v) is 7.29. The molecule has 2 aromatic carbocycles. The number of fused-ring (bicyclic) bond motifs is 1. The van der Waals surface area contributed by atoms with Crippen molar-refractivity contribution in [1.29, 1.82) is 0 Å². The van der Waals surface area contributed by atoms with E-state index in [1.54, 1.807) is 24.3 Å². The van der Waals surface area contributed by atoms with Gasteiger partial charge in [-0.15, -0.1) is 16.8 Å². The minimum Gasteiger partial charge on any atom is -0.490 e. The van der Waals surface area contributed by atoms with Gasteiger partial charge in [-0.1, -0.05) is 42.1 Å². The number of nitrogens with zero attached hydrogens (tertiary/aromatic N) is 3. The highest BCUT2D eigenvalue weighted by Crippen LogP contribution is 2.36. The van der Waals surface area contributed by atoms with Gasteiger partial charge in [0.1, 0.15) is 6.61 Å². The van der Waals surface area contributed by atoms with E-state index in [0.29, 0.717) is 37.1 Å². The molecule has 3 aromatic rings. The number of allylic oxidation sites excluding steroid dienone is 1. The summed E-state index contributed by atoms with van der Waals surface area (Å²) in [6, 6.07) is 13.9. The standard InChI is InChI=1S/C21H20FN3O3S/c1-2-11-25-20(19-14-27-17-9-5-6-10-18(17)28-19)23-24-21(25)29-13-12-26-16-8-4-3-7-15(16)22/h2-10,19H,1,11-14H2. The Morgan fingerprint density at radius 3 is 2.79 bits per heavy atom. The number of hydrogen-bond acceptors (Lipinski definition) is 6. The number of aromatic nitrogens is 3. The quantitative estimate of drug-likeness (QED) is 0.312. The highest BCUT2D eigenvalue weighted by molar-refractivity contribution is 7.99. The molecule has 0 bridgehead atoms. The first-order valence-corrected chi connectivity index (χ1v) is 10.2. The third-order valence-electron chi connectivity index (χ3n) is 4.26. The van der Waals surface area contributed by atoms with E-state index < -0.39 is 0 Å². The predicted octanol–water partition coefficient (Wildman–Crippen LogP) is 4.29. The molecular weight excluding hydrogens is 393 g/mol. The molecule has 0 radical (unpaired) electrons. The summed E-state index contributed by atoms with van der Waals surface area (Å²) in [4.78, 5) is 0. The van der Waals surface area contributed by atoms with Crippen molar-refractivity contribution in [3.8, 4) is 17.2 Å². The van der Waals surface area contributed by atoms with E-state index in [2.05, 4.69) is 16.8 Å². The van der Waals surface area contributed by atoms with Crippen LogP contribution < -0.4 is 14.2 Å². The molecule has 29 heavy (non-hydrogen) atoms. The highest BCUT2D eigenvalue weighted by atomic mass is 32.2. The maximum absolute atomic E-state index is 13.6. The maximum atomic E-state index is 13.6. The molecule has 1 aliphatic heterocycles. The molecule has 0 saturated heterocycles. The van der Waals surface area contributed by atoms with Crippen LogP contribution in [0.2, 0.25) is 0 Å². The van der Waals surface area contributed by atoms with Crippen LogP contribution in [-0.2, 0) is 6.54 Å². The van der Waals surface area contributed by atoms with E-state index in [1.165, 1.54) is 17.8 Å². The lowest BCUT2D eigenvalue weighted by molar-refractivity contribution is 0.0821. The Morgan fingerprint density at radius 2 is 1.97 bits per heavy atom. The zero-order chi connectivity index (χ0) is 20.1. The topological polar surface area (TPSA) is 58.4 Å². The molecule has 1 aliphatic rings. The Hall–Kier alpha value is -3.00. The van der Waals surface area contributed by atoms with Gasteiger partial charge in [-0.05, 0) is 24.3 Å². The molecule has 2 heterocycles. The molecular formula is C21H20FN3O3S. The summed E-state index contributed by atoms with van der Waals surface area (Å²) in [5.74, 6) is 2.55. The fourth-order valence-electron chi connectivity index (χ4n) is 2.94. The van der Waals surface area contributed by atoms with Gasteiger partial charge in [-0.25, -0.2) is 4.39 Å². The Labute approximate surface area is 172 Å². The third-order valence-corrected chi connectivity index (χ3v) is 5.19. The van der Waals surface area contributed by atoms with Crippen LogP contribution in [0.15, 0.2) is 66.3 Å². The molecule has 8 heteroatoms. The summed E-state index contributed by atoms with van der Waals surface area (Å²) in [6.07, 6.45) is 1.42. The van der Waals surface area contributed by atoms with Gasteiger partial charge in [0.25, 0.3) is 0 Å². The van der Waals surface area contributed by atoms with Crippen LogP contribution in [-0.4, -0.2) is 33.7 Å². The summed E-state index contributed by atoms with van der Waals surface area (Å²) in [6.45, 7) is 5.06. The average molecular weight is 413 g/mol. The van der Waals surface area contributed by atoms with Crippen LogP contribution in [0.25, 0.3) is 0 Å². The van der Waals surface area contributed by atoms with Gasteiger partial charge in [-0.3, -0.25) is 4.57 Å². The average Bonchev–Trinajstić information content (AvgIpc) is 3.15. The molecule has 6 nitrogen and oxygen atoms in total. The van der Waals surface area contributed by atoms with Gasteiger partial charge in [0.2, 0.25) is 0 Å². The SMILES string of the molecule is C=CCn1c(SCCOc2ccccc2F)nnc1C1COc2ccccc2O1. The fourth-order valence-corrected chi connectivity index (χ4v) is 3.71. The predicted molar refractivity (Wildman–Crippen MR) is 108 cm³/mol. The van der Waals surface area contributed by atoms with Crippen LogP contribution >= 0.6 is 11.8 Å². The van der Waals surface area contributed by atoms with Crippen molar-refractivity contribution in [2.24, 2.45) is 0 Å². The Bertz CT molecular complexity index is 995. The number of para-hydroxylation sites is 3. The Balaban J connectivity index is 1.42. The lowest BCUT2D eigenvalue weighted by atomic mass is 10.2. The molecule has 0 aliphatic carbocycles. The second kappa shape index (κ2) is 9.00. The van der Waals surface area contributed by atoms with Crippen molar-refractivity contribution >= 4 is 11.8 Å². The molecule has 0 N–H and O–H groups in total. The van der Waals surface area contributed by atoms with Crippen molar-refractivity contribution in [1.82, 2.24) is 14.8 Å². The molecule has 1 aromatic heterocycles.